The van der Waals surface area contributed by atoms with Gasteiger partial charge in [-0.05, 0) is 25.3 Å². The van der Waals surface area contributed by atoms with E-state index in [-0.39, 0.29) is 6.04 Å². The molecule has 2 heteroatoms. The highest BCUT2D eigenvalue weighted by atomic mass is 16.3. The van der Waals surface area contributed by atoms with Crippen LogP contribution in [0.15, 0.2) is 16.7 Å². The topological polar surface area (TPSA) is 39.2 Å². The van der Waals surface area contributed by atoms with Crippen molar-refractivity contribution in [1.82, 2.24) is 0 Å². The van der Waals surface area contributed by atoms with Crippen molar-refractivity contribution in [3.63, 3.8) is 0 Å². The Kier molecular flexibility index (Phi) is 2.40. The second-order valence-electron chi connectivity index (χ2n) is 4.13. The maximum Gasteiger partial charge on any atom is 0.101 e. The van der Waals surface area contributed by atoms with E-state index in [0.717, 1.165) is 23.7 Å². The van der Waals surface area contributed by atoms with Crippen molar-refractivity contribution in [2.75, 3.05) is 0 Å². The summed E-state index contributed by atoms with van der Waals surface area (Å²) in [6, 6.07) is 2.23. The van der Waals surface area contributed by atoms with Crippen LogP contribution < -0.4 is 5.73 Å². The zero-order valence-corrected chi connectivity index (χ0v) is 8.12. The lowest BCUT2D eigenvalue weighted by molar-refractivity contribution is 0.277. The van der Waals surface area contributed by atoms with Crippen molar-refractivity contribution in [2.45, 2.75) is 38.6 Å². The number of hydrogen-bond acceptors (Lipinski definition) is 2. The van der Waals surface area contributed by atoms with Crippen molar-refractivity contribution >= 4 is 0 Å². The van der Waals surface area contributed by atoms with E-state index in [0.29, 0.717) is 0 Å². The highest BCUT2D eigenvalue weighted by molar-refractivity contribution is 5.15. The Bertz CT molecular complexity index is 275. The van der Waals surface area contributed by atoms with Gasteiger partial charge in [0.2, 0.25) is 0 Å². The molecule has 2 N–H and O–H groups in total. The fourth-order valence-corrected chi connectivity index (χ4v) is 1.88. The molecule has 1 heterocycles. The third-order valence-electron chi connectivity index (χ3n) is 2.99. The van der Waals surface area contributed by atoms with E-state index in [1.54, 1.807) is 6.26 Å². The molecule has 0 amide bonds. The smallest absolute Gasteiger partial charge is 0.101 e. The van der Waals surface area contributed by atoms with Gasteiger partial charge in [-0.1, -0.05) is 19.3 Å². The maximum atomic E-state index is 6.06. The van der Waals surface area contributed by atoms with E-state index in [9.17, 15) is 0 Å². The SMILES string of the molecule is Cc1cc(C(N)CC2CCC2)co1. The summed E-state index contributed by atoms with van der Waals surface area (Å²) in [4.78, 5) is 0. The Morgan fingerprint density at radius 2 is 2.38 bits per heavy atom. The van der Waals surface area contributed by atoms with Crippen LogP contribution in [0.25, 0.3) is 0 Å². The Labute approximate surface area is 79.1 Å². The van der Waals surface area contributed by atoms with E-state index in [4.69, 9.17) is 10.2 Å². The average molecular weight is 179 g/mol. The summed E-state index contributed by atoms with van der Waals surface area (Å²) in [5.74, 6) is 1.82. The van der Waals surface area contributed by atoms with Gasteiger partial charge in [0, 0.05) is 11.6 Å². The molecule has 1 aromatic heterocycles. The van der Waals surface area contributed by atoms with Gasteiger partial charge in [-0.15, -0.1) is 0 Å². The van der Waals surface area contributed by atoms with E-state index < -0.39 is 0 Å². The summed E-state index contributed by atoms with van der Waals surface area (Å²) < 4.78 is 5.24. The van der Waals surface area contributed by atoms with Gasteiger partial charge in [0.25, 0.3) is 0 Å². The lowest BCUT2D eigenvalue weighted by atomic mass is 9.80. The standard InChI is InChI=1S/C11H17NO/c1-8-5-10(7-13-8)11(12)6-9-3-2-4-9/h5,7,9,11H,2-4,6,12H2,1H3. The van der Waals surface area contributed by atoms with Crippen LogP contribution in [0.5, 0.6) is 0 Å². The molecule has 0 radical (unpaired) electrons. The molecular weight excluding hydrogens is 162 g/mol. The van der Waals surface area contributed by atoms with Crippen LogP contribution in [-0.2, 0) is 0 Å². The molecule has 13 heavy (non-hydrogen) atoms. The fourth-order valence-electron chi connectivity index (χ4n) is 1.88. The monoisotopic (exact) mass is 179 g/mol. The van der Waals surface area contributed by atoms with Crippen LogP contribution in [0.3, 0.4) is 0 Å². The number of hydrogen-bond donors (Lipinski definition) is 1. The first-order valence-electron chi connectivity index (χ1n) is 5.06. The molecule has 1 aliphatic rings. The molecule has 0 aromatic carbocycles. The molecule has 2 rings (SSSR count). The molecule has 0 bridgehead atoms. The highest BCUT2D eigenvalue weighted by Gasteiger charge is 2.21. The zero-order chi connectivity index (χ0) is 9.26. The predicted molar refractivity (Wildman–Crippen MR) is 52.3 cm³/mol. The Balaban J connectivity index is 1.92. The van der Waals surface area contributed by atoms with Gasteiger partial charge < -0.3 is 10.2 Å². The zero-order valence-electron chi connectivity index (χ0n) is 8.12. The summed E-state index contributed by atoms with van der Waals surface area (Å²) in [5, 5.41) is 0. The van der Waals surface area contributed by atoms with Crippen LogP contribution in [0.2, 0.25) is 0 Å². The van der Waals surface area contributed by atoms with Gasteiger partial charge in [-0.3, -0.25) is 0 Å². The maximum absolute atomic E-state index is 6.06. The molecule has 0 saturated heterocycles. The first-order valence-corrected chi connectivity index (χ1v) is 5.06. The summed E-state index contributed by atoms with van der Waals surface area (Å²) in [5.41, 5.74) is 7.22. The summed E-state index contributed by atoms with van der Waals surface area (Å²) >= 11 is 0. The minimum absolute atomic E-state index is 0.183. The van der Waals surface area contributed by atoms with Crippen molar-refractivity contribution in [3.8, 4) is 0 Å². The van der Waals surface area contributed by atoms with Gasteiger partial charge >= 0.3 is 0 Å². The average Bonchev–Trinajstić information content (AvgIpc) is 2.44. The molecule has 1 aromatic rings. The van der Waals surface area contributed by atoms with Crippen LogP contribution in [0, 0.1) is 12.8 Å². The van der Waals surface area contributed by atoms with Crippen LogP contribution >= 0.6 is 0 Å². The van der Waals surface area contributed by atoms with Crippen LogP contribution in [0.4, 0.5) is 0 Å². The minimum Gasteiger partial charge on any atom is -0.469 e. The number of rotatable bonds is 3. The second kappa shape index (κ2) is 3.54. The van der Waals surface area contributed by atoms with Crippen molar-refractivity contribution in [1.29, 1.82) is 0 Å². The molecule has 1 aliphatic carbocycles. The lowest BCUT2D eigenvalue weighted by Gasteiger charge is -2.27. The quantitative estimate of drug-likeness (QED) is 0.775. The van der Waals surface area contributed by atoms with Gasteiger partial charge in [-0.25, -0.2) is 0 Å². The Morgan fingerprint density at radius 3 is 2.85 bits per heavy atom. The summed E-state index contributed by atoms with van der Waals surface area (Å²) in [7, 11) is 0. The van der Waals surface area contributed by atoms with Crippen molar-refractivity contribution < 1.29 is 4.42 Å². The lowest BCUT2D eigenvalue weighted by Crippen LogP contribution is -2.19. The van der Waals surface area contributed by atoms with Crippen molar-refractivity contribution in [2.24, 2.45) is 11.7 Å². The normalized spacial score (nSPS) is 19.8. The molecule has 0 spiro atoms. The first kappa shape index (κ1) is 8.82. The molecular formula is C11H17NO. The highest BCUT2D eigenvalue weighted by Crippen LogP contribution is 2.33. The van der Waals surface area contributed by atoms with E-state index >= 15 is 0 Å². The first-order chi connectivity index (χ1) is 6.25. The fraction of sp³-hybridized carbons (Fsp3) is 0.636. The number of furan rings is 1. The Morgan fingerprint density at radius 1 is 1.62 bits per heavy atom. The predicted octanol–water partition coefficient (Wildman–Crippen LogP) is 2.78. The summed E-state index contributed by atoms with van der Waals surface area (Å²) in [6.07, 6.45) is 7.04. The van der Waals surface area contributed by atoms with E-state index in [2.05, 4.69) is 0 Å². The third-order valence-corrected chi connectivity index (χ3v) is 2.99. The van der Waals surface area contributed by atoms with Gasteiger partial charge in [0.05, 0.1) is 6.26 Å². The number of aryl methyl sites for hydroxylation is 1. The molecule has 1 atom stereocenters. The van der Waals surface area contributed by atoms with E-state index in [1.165, 1.54) is 19.3 Å². The van der Waals surface area contributed by atoms with Gasteiger partial charge in [0.1, 0.15) is 5.76 Å². The minimum atomic E-state index is 0.183. The molecule has 72 valence electrons. The second-order valence-corrected chi connectivity index (χ2v) is 4.13. The third kappa shape index (κ3) is 1.94. The molecule has 0 aliphatic heterocycles. The molecule has 1 fully saturated rings. The number of nitrogens with two attached hydrogens (primary N) is 1. The van der Waals surface area contributed by atoms with Gasteiger partial charge in [0.15, 0.2) is 0 Å². The Hall–Kier alpha value is -0.760. The summed E-state index contributed by atoms with van der Waals surface area (Å²) in [6.45, 7) is 1.96. The van der Waals surface area contributed by atoms with Gasteiger partial charge in [-0.2, -0.15) is 0 Å². The van der Waals surface area contributed by atoms with Crippen LogP contribution in [-0.4, -0.2) is 0 Å². The molecule has 2 nitrogen and oxygen atoms in total. The van der Waals surface area contributed by atoms with Crippen molar-refractivity contribution in [3.05, 3.63) is 23.7 Å². The molecule has 1 saturated carbocycles. The van der Waals surface area contributed by atoms with E-state index in [1.807, 2.05) is 13.0 Å². The molecule has 1 unspecified atom stereocenters. The largest absolute Gasteiger partial charge is 0.469 e. The van der Waals surface area contributed by atoms with Crippen LogP contribution in [0.1, 0.15) is 43.0 Å².